The van der Waals surface area contributed by atoms with E-state index in [1.165, 1.54) is 5.57 Å². The predicted molar refractivity (Wildman–Crippen MR) is 90.1 cm³/mol. The second-order valence-corrected chi connectivity index (χ2v) is 5.50. The normalized spacial score (nSPS) is 12.9. The molecule has 1 aliphatic carbocycles. The second kappa shape index (κ2) is 6.60. The molecule has 0 spiro atoms. The Morgan fingerprint density at radius 1 is 1.05 bits per heavy atom. The first-order chi connectivity index (χ1) is 10.5. The summed E-state index contributed by atoms with van der Waals surface area (Å²) < 4.78 is 11.0. The first kappa shape index (κ1) is 16.0. The van der Waals surface area contributed by atoms with Gasteiger partial charge in [-0.05, 0) is 50.5 Å². The van der Waals surface area contributed by atoms with Crippen LogP contribution in [0.4, 0.5) is 0 Å². The van der Waals surface area contributed by atoms with Gasteiger partial charge in [-0.15, -0.1) is 0 Å². The number of methoxy groups -OCH3 is 2. The molecule has 116 valence electrons. The van der Waals surface area contributed by atoms with Crippen molar-refractivity contribution in [1.82, 2.24) is 0 Å². The second-order valence-electron chi connectivity index (χ2n) is 5.50. The van der Waals surface area contributed by atoms with Crippen LogP contribution in [0.3, 0.4) is 0 Å². The van der Waals surface area contributed by atoms with E-state index < -0.39 is 0 Å². The van der Waals surface area contributed by atoms with Crippen molar-refractivity contribution >= 4 is 11.4 Å². The zero-order valence-electron chi connectivity index (χ0n) is 13.5. The smallest absolute Gasteiger partial charge is 0.132 e. The monoisotopic (exact) mass is 298 g/mol. The van der Waals surface area contributed by atoms with Gasteiger partial charge in [0.25, 0.3) is 0 Å². The Labute approximate surface area is 131 Å². The summed E-state index contributed by atoms with van der Waals surface area (Å²) in [5, 5.41) is 16.3. The van der Waals surface area contributed by atoms with Gasteiger partial charge in [-0.2, -0.15) is 0 Å². The molecular weight excluding hydrogens is 276 g/mol. The van der Waals surface area contributed by atoms with E-state index in [2.05, 4.69) is 19.9 Å². The minimum Gasteiger partial charge on any atom is -0.496 e. The molecular formula is C18H22N2O2. The molecule has 0 bridgehead atoms. The molecule has 4 heteroatoms. The van der Waals surface area contributed by atoms with Gasteiger partial charge in [0.05, 0.1) is 36.8 Å². The Hall–Kier alpha value is -2.36. The minimum absolute atomic E-state index is 0.344. The number of allylic oxidation sites excluding steroid dienone is 4. The summed E-state index contributed by atoms with van der Waals surface area (Å²) in [4.78, 5) is 0. The van der Waals surface area contributed by atoms with E-state index in [-0.39, 0.29) is 0 Å². The SMILES string of the molecule is COc1cc(CCC=C(C)C)c(OC)c2c1C(=N)C=CC2=N. The molecule has 0 amide bonds. The van der Waals surface area contributed by atoms with E-state index >= 15 is 0 Å². The van der Waals surface area contributed by atoms with E-state index in [0.29, 0.717) is 34.0 Å². The molecule has 0 saturated heterocycles. The number of hydrogen-bond donors (Lipinski definition) is 2. The van der Waals surface area contributed by atoms with Gasteiger partial charge in [-0.1, -0.05) is 11.6 Å². The van der Waals surface area contributed by atoms with E-state index in [1.807, 2.05) is 6.07 Å². The molecule has 0 aliphatic heterocycles. The number of aryl methyl sites for hydroxylation is 1. The molecule has 1 aromatic carbocycles. The number of nitrogens with one attached hydrogen (secondary N) is 2. The maximum Gasteiger partial charge on any atom is 0.132 e. The summed E-state index contributed by atoms with van der Waals surface area (Å²) in [6.45, 7) is 4.15. The fourth-order valence-corrected chi connectivity index (χ4v) is 2.65. The highest BCUT2D eigenvalue weighted by atomic mass is 16.5. The Bertz CT molecular complexity index is 681. The van der Waals surface area contributed by atoms with Crippen molar-refractivity contribution in [2.75, 3.05) is 14.2 Å². The molecule has 1 aliphatic rings. The van der Waals surface area contributed by atoms with Crippen LogP contribution in [0, 0.1) is 10.8 Å². The molecule has 0 saturated carbocycles. The lowest BCUT2D eigenvalue weighted by Gasteiger charge is -2.22. The molecule has 0 fully saturated rings. The Morgan fingerprint density at radius 3 is 2.23 bits per heavy atom. The highest BCUT2D eigenvalue weighted by Gasteiger charge is 2.25. The van der Waals surface area contributed by atoms with Gasteiger partial charge < -0.3 is 20.3 Å². The maximum atomic E-state index is 8.19. The van der Waals surface area contributed by atoms with Crippen LogP contribution < -0.4 is 9.47 Å². The molecule has 0 atom stereocenters. The zero-order valence-corrected chi connectivity index (χ0v) is 13.5. The first-order valence-electron chi connectivity index (χ1n) is 7.26. The third-order valence-corrected chi connectivity index (χ3v) is 3.67. The van der Waals surface area contributed by atoms with E-state index in [4.69, 9.17) is 20.3 Å². The van der Waals surface area contributed by atoms with Gasteiger partial charge >= 0.3 is 0 Å². The number of fused-ring (bicyclic) bond motifs is 1. The highest BCUT2D eigenvalue weighted by Crippen LogP contribution is 2.37. The van der Waals surface area contributed by atoms with Crippen LogP contribution in [0.2, 0.25) is 0 Å². The molecule has 22 heavy (non-hydrogen) atoms. The average molecular weight is 298 g/mol. The summed E-state index contributed by atoms with van der Waals surface area (Å²) in [7, 11) is 3.21. The summed E-state index contributed by atoms with van der Waals surface area (Å²) in [6, 6.07) is 1.93. The summed E-state index contributed by atoms with van der Waals surface area (Å²) in [5.41, 5.74) is 4.27. The average Bonchev–Trinajstić information content (AvgIpc) is 2.49. The van der Waals surface area contributed by atoms with Gasteiger partial charge in [-0.3, -0.25) is 0 Å². The van der Waals surface area contributed by atoms with Crippen LogP contribution in [0.5, 0.6) is 11.5 Å². The number of ether oxygens (including phenoxy) is 2. The lowest BCUT2D eigenvalue weighted by atomic mass is 9.88. The van der Waals surface area contributed by atoms with Crippen molar-refractivity contribution in [3.63, 3.8) is 0 Å². The predicted octanol–water partition coefficient (Wildman–Crippen LogP) is 3.91. The lowest BCUT2D eigenvalue weighted by Crippen LogP contribution is -2.16. The molecule has 0 heterocycles. The summed E-state index contributed by atoms with van der Waals surface area (Å²) in [5.74, 6) is 1.30. The largest absolute Gasteiger partial charge is 0.496 e. The van der Waals surface area contributed by atoms with Crippen molar-refractivity contribution in [1.29, 1.82) is 10.8 Å². The first-order valence-corrected chi connectivity index (χ1v) is 7.26. The highest BCUT2D eigenvalue weighted by molar-refractivity contribution is 6.26. The standard InChI is InChI=1S/C18H22N2O2/c1-11(2)6-5-7-12-10-15(21-3)16-13(19)8-9-14(20)17(16)18(12)22-4/h6,8-10,19-20H,5,7H2,1-4H3. The van der Waals surface area contributed by atoms with Crippen molar-refractivity contribution < 1.29 is 9.47 Å². The minimum atomic E-state index is 0.344. The third-order valence-electron chi connectivity index (χ3n) is 3.67. The zero-order chi connectivity index (χ0) is 16.3. The van der Waals surface area contributed by atoms with E-state index in [0.717, 1.165) is 18.4 Å². The van der Waals surface area contributed by atoms with E-state index in [9.17, 15) is 0 Å². The molecule has 0 aromatic heterocycles. The van der Waals surface area contributed by atoms with Crippen LogP contribution in [-0.2, 0) is 6.42 Å². The number of hydrogen-bond acceptors (Lipinski definition) is 4. The number of rotatable bonds is 5. The van der Waals surface area contributed by atoms with Crippen molar-refractivity contribution in [3.05, 3.63) is 46.6 Å². The van der Waals surface area contributed by atoms with Crippen molar-refractivity contribution in [2.45, 2.75) is 26.7 Å². The van der Waals surface area contributed by atoms with Gasteiger partial charge in [0.1, 0.15) is 11.5 Å². The van der Waals surface area contributed by atoms with Crippen molar-refractivity contribution in [2.24, 2.45) is 0 Å². The van der Waals surface area contributed by atoms with Gasteiger partial charge in [-0.25, -0.2) is 0 Å². The Kier molecular flexibility index (Phi) is 4.81. The topological polar surface area (TPSA) is 66.2 Å². The van der Waals surface area contributed by atoms with Crippen LogP contribution in [0.15, 0.2) is 29.9 Å². The third kappa shape index (κ3) is 2.96. The fourth-order valence-electron chi connectivity index (χ4n) is 2.65. The summed E-state index contributed by atoms with van der Waals surface area (Å²) in [6.07, 6.45) is 7.14. The van der Waals surface area contributed by atoms with Gasteiger partial charge in [0.15, 0.2) is 0 Å². The van der Waals surface area contributed by atoms with Gasteiger partial charge in [0.2, 0.25) is 0 Å². The van der Waals surface area contributed by atoms with Crippen LogP contribution >= 0.6 is 0 Å². The Morgan fingerprint density at radius 2 is 1.68 bits per heavy atom. The molecule has 2 N–H and O–H groups in total. The van der Waals surface area contributed by atoms with Crippen LogP contribution in [-0.4, -0.2) is 25.6 Å². The molecule has 1 aromatic rings. The molecule has 0 unspecified atom stereocenters. The fraction of sp³-hybridized carbons (Fsp3) is 0.333. The van der Waals surface area contributed by atoms with Gasteiger partial charge in [0, 0.05) is 0 Å². The molecule has 4 nitrogen and oxygen atoms in total. The lowest BCUT2D eigenvalue weighted by molar-refractivity contribution is 0.397. The van der Waals surface area contributed by atoms with E-state index in [1.54, 1.807) is 26.4 Å². The summed E-state index contributed by atoms with van der Waals surface area (Å²) >= 11 is 0. The molecule has 2 rings (SSSR count). The van der Waals surface area contributed by atoms with Crippen molar-refractivity contribution in [3.8, 4) is 11.5 Å². The number of benzene rings is 1. The molecule has 0 radical (unpaired) electrons. The Balaban J connectivity index is 2.58. The van der Waals surface area contributed by atoms with Crippen LogP contribution in [0.25, 0.3) is 0 Å². The van der Waals surface area contributed by atoms with Crippen LogP contribution in [0.1, 0.15) is 37.0 Å². The maximum absolute atomic E-state index is 8.19. The quantitative estimate of drug-likeness (QED) is 0.809.